The molecule has 5 nitrogen and oxygen atoms in total. The highest BCUT2D eigenvalue weighted by molar-refractivity contribution is 8.18. The molecular weight excluding hydrogens is 322 g/mol. The molecule has 1 fully saturated rings. The first-order valence-corrected chi connectivity index (χ1v) is 8.22. The first kappa shape index (κ1) is 14.7. The lowest BCUT2D eigenvalue weighted by Gasteiger charge is -2.15. The fourth-order valence-electron chi connectivity index (χ4n) is 2.39. The predicted molar refractivity (Wildman–Crippen MR) is 95.1 cm³/mol. The number of rotatable bonds is 2. The van der Waals surface area contributed by atoms with Crippen LogP contribution in [0.15, 0.2) is 70.2 Å². The van der Waals surface area contributed by atoms with Gasteiger partial charge >= 0.3 is 0 Å². The zero-order chi connectivity index (χ0) is 16.4. The van der Waals surface area contributed by atoms with Gasteiger partial charge in [0.2, 0.25) is 0 Å². The number of amides is 1. The van der Waals surface area contributed by atoms with E-state index in [9.17, 15) is 4.79 Å². The molecule has 0 radical (unpaired) electrons. The van der Waals surface area contributed by atoms with Gasteiger partial charge in [-0.2, -0.15) is 0 Å². The molecule has 118 valence electrons. The smallest absolute Gasteiger partial charge is 0.264 e. The number of benzene rings is 1. The fraction of sp³-hybridized carbons (Fsp3) is 0.0556. The number of para-hydroxylation sites is 1. The van der Waals surface area contributed by atoms with Gasteiger partial charge in [0, 0.05) is 11.8 Å². The Labute approximate surface area is 143 Å². The molecule has 0 aliphatic carbocycles. The van der Waals surface area contributed by atoms with Gasteiger partial charge in [0.25, 0.3) is 5.91 Å². The number of nitrogens with zero attached hydrogens (tertiary/aromatic N) is 2. The van der Waals surface area contributed by atoms with Crippen LogP contribution in [0.3, 0.4) is 0 Å². The number of pyridine rings is 1. The van der Waals surface area contributed by atoms with Crippen molar-refractivity contribution in [1.82, 2.24) is 10.3 Å². The number of fused-ring (bicyclic) bond motifs is 1. The summed E-state index contributed by atoms with van der Waals surface area (Å²) in [5, 5.41) is 3.29. The third kappa shape index (κ3) is 3.09. The molecule has 24 heavy (non-hydrogen) atoms. The lowest BCUT2D eigenvalue weighted by molar-refractivity contribution is -0.115. The van der Waals surface area contributed by atoms with E-state index in [0.29, 0.717) is 22.5 Å². The van der Waals surface area contributed by atoms with Crippen LogP contribution in [0, 0.1) is 0 Å². The van der Waals surface area contributed by atoms with E-state index in [1.165, 1.54) is 11.8 Å². The topological polar surface area (TPSA) is 63.6 Å². The minimum Gasteiger partial charge on any atom is -0.488 e. The Bertz CT molecular complexity index is 888. The van der Waals surface area contributed by atoms with Gasteiger partial charge in [-0.25, -0.2) is 9.98 Å². The van der Waals surface area contributed by atoms with Gasteiger partial charge in [0.05, 0.1) is 4.91 Å². The molecule has 1 saturated heterocycles. The first-order valence-electron chi connectivity index (χ1n) is 7.41. The van der Waals surface area contributed by atoms with Gasteiger partial charge in [-0.3, -0.25) is 4.79 Å². The molecule has 6 heteroatoms. The van der Waals surface area contributed by atoms with Crippen molar-refractivity contribution in [3.8, 4) is 5.75 Å². The van der Waals surface area contributed by atoms with Crippen LogP contribution >= 0.6 is 11.8 Å². The standard InChI is InChI=1S/C18H13N3O2S/c22-17-15(24-18(21-17)20-16-7-3-4-8-19-16)10-12-9-13-5-1-2-6-14(13)23-11-12/h1-10H,11H2,(H,19,20,21,22)/b15-10-. The Kier molecular flexibility index (Phi) is 3.88. The largest absolute Gasteiger partial charge is 0.488 e. The Morgan fingerprint density at radius 2 is 2.08 bits per heavy atom. The van der Waals surface area contributed by atoms with Crippen molar-refractivity contribution in [2.45, 2.75) is 0 Å². The van der Waals surface area contributed by atoms with E-state index in [-0.39, 0.29) is 5.91 Å². The second kappa shape index (κ2) is 6.33. The van der Waals surface area contributed by atoms with E-state index < -0.39 is 0 Å². The van der Waals surface area contributed by atoms with E-state index >= 15 is 0 Å². The Balaban J connectivity index is 1.57. The summed E-state index contributed by atoms with van der Waals surface area (Å²) in [7, 11) is 0. The SMILES string of the molecule is O=C1NC(=Nc2ccccn2)S/C1=C\C1=Cc2ccccc2OC1. The summed E-state index contributed by atoms with van der Waals surface area (Å²) in [5.74, 6) is 1.27. The van der Waals surface area contributed by atoms with Crippen LogP contribution in [0.4, 0.5) is 5.82 Å². The van der Waals surface area contributed by atoms with Crippen molar-refractivity contribution in [2.75, 3.05) is 6.61 Å². The van der Waals surface area contributed by atoms with E-state index in [4.69, 9.17) is 4.74 Å². The van der Waals surface area contributed by atoms with Gasteiger partial charge in [-0.15, -0.1) is 0 Å². The average Bonchev–Trinajstić information content (AvgIpc) is 2.95. The molecule has 0 atom stereocenters. The molecule has 0 unspecified atom stereocenters. The van der Waals surface area contributed by atoms with Crippen LogP contribution in [0.5, 0.6) is 5.75 Å². The second-order valence-electron chi connectivity index (χ2n) is 5.22. The molecule has 0 bridgehead atoms. The molecule has 3 heterocycles. The van der Waals surface area contributed by atoms with Crippen LogP contribution < -0.4 is 10.1 Å². The number of carbonyl (C=O) groups is 1. The molecule has 2 aliphatic rings. The van der Waals surface area contributed by atoms with Crippen molar-refractivity contribution >= 4 is 34.7 Å². The van der Waals surface area contributed by atoms with Gasteiger partial charge in [-0.1, -0.05) is 24.3 Å². The zero-order valence-corrected chi connectivity index (χ0v) is 13.4. The average molecular weight is 335 g/mol. The number of amidine groups is 1. The summed E-state index contributed by atoms with van der Waals surface area (Å²) >= 11 is 1.30. The Morgan fingerprint density at radius 1 is 1.21 bits per heavy atom. The zero-order valence-electron chi connectivity index (χ0n) is 12.6. The molecular formula is C18H13N3O2S. The maximum atomic E-state index is 12.1. The maximum absolute atomic E-state index is 12.1. The maximum Gasteiger partial charge on any atom is 0.264 e. The summed E-state index contributed by atoms with van der Waals surface area (Å²) in [6.07, 6.45) is 5.55. The summed E-state index contributed by atoms with van der Waals surface area (Å²) in [6.45, 7) is 0.446. The van der Waals surface area contributed by atoms with Crippen molar-refractivity contribution < 1.29 is 9.53 Å². The number of carbonyl (C=O) groups excluding carboxylic acids is 1. The molecule has 2 aromatic rings. The van der Waals surface area contributed by atoms with Gasteiger partial charge in [0.15, 0.2) is 11.0 Å². The number of hydrogen-bond acceptors (Lipinski definition) is 5. The van der Waals surface area contributed by atoms with Crippen molar-refractivity contribution in [1.29, 1.82) is 0 Å². The van der Waals surface area contributed by atoms with Crippen molar-refractivity contribution in [3.63, 3.8) is 0 Å². The monoisotopic (exact) mass is 335 g/mol. The number of aliphatic imine (C=N–C) groups is 1. The predicted octanol–water partition coefficient (Wildman–Crippen LogP) is 3.29. The van der Waals surface area contributed by atoms with E-state index in [1.807, 2.05) is 48.6 Å². The lowest BCUT2D eigenvalue weighted by atomic mass is 10.1. The number of aromatic nitrogens is 1. The quantitative estimate of drug-likeness (QED) is 0.856. The third-order valence-electron chi connectivity index (χ3n) is 3.49. The van der Waals surface area contributed by atoms with Gasteiger partial charge in [0.1, 0.15) is 12.4 Å². The van der Waals surface area contributed by atoms with E-state index in [0.717, 1.165) is 16.9 Å². The van der Waals surface area contributed by atoms with Crippen LogP contribution in [0.25, 0.3) is 6.08 Å². The molecule has 4 rings (SSSR count). The van der Waals surface area contributed by atoms with E-state index in [2.05, 4.69) is 15.3 Å². The minimum atomic E-state index is -0.158. The highest BCUT2D eigenvalue weighted by atomic mass is 32.2. The molecule has 1 aromatic heterocycles. The lowest BCUT2D eigenvalue weighted by Crippen LogP contribution is -2.19. The van der Waals surface area contributed by atoms with Crippen LogP contribution in [-0.2, 0) is 4.79 Å². The minimum absolute atomic E-state index is 0.158. The third-order valence-corrected chi connectivity index (χ3v) is 4.40. The summed E-state index contributed by atoms with van der Waals surface area (Å²) < 4.78 is 5.71. The van der Waals surface area contributed by atoms with Crippen molar-refractivity contribution in [2.24, 2.45) is 4.99 Å². The number of hydrogen-bond donors (Lipinski definition) is 1. The molecule has 0 saturated carbocycles. The molecule has 1 amide bonds. The summed E-state index contributed by atoms with van der Waals surface area (Å²) in [4.78, 5) is 21.2. The van der Waals surface area contributed by atoms with Gasteiger partial charge in [-0.05, 0) is 47.7 Å². The highest BCUT2D eigenvalue weighted by Gasteiger charge is 2.24. The fourth-order valence-corrected chi connectivity index (χ4v) is 3.24. The Hall–Kier alpha value is -2.86. The van der Waals surface area contributed by atoms with Gasteiger partial charge < -0.3 is 10.1 Å². The first-order chi connectivity index (χ1) is 11.8. The molecule has 2 aliphatic heterocycles. The normalized spacial score (nSPS) is 19.7. The molecule has 1 N–H and O–H groups in total. The number of thioether (sulfide) groups is 1. The van der Waals surface area contributed by atoms with Crippen LogP contribution in [-0.4, -0.2) is 22.7 Å². The number of nitrogens with one attached hydrogen (secondary N) is 1. The van der Waals surface area contributed by atoms with Crippen LogP contribution in [0.2, 0.25) is 0 Å². The second-order valence-corrected chi connectivity index (χ2v) is 6.25. The van der Waals surface area contributed by atoms with Crippen LogP contribution in [0.1, 0.15) is 5.56 Å². The summed E-state index contributed by atoms with van der Waals surface area (Å²) in [6, 6.07) is 13.3. The van der Waals surface area contributed by atoms with E-state index in [1.54, 1.807) is 12.3 Å². The molecule has 1 aromatic carbocycles. The molecule has 0 spiro atoms. The Morgan fingerprint density at radius 3 is 2.96 bits per heavy atom. The number of ether oxygens (including phenoxy) is 1. The van der Waals surface area contributed by atoms with Crippen molar-refractivity contribution in [3.05, 3.63) is 70.8 Å². The highest BCUT2D eigenvalue weighted by Crippen LogP contribution is 2.30. The summed E-state index contributed by atoms with van der Waals surface area (Å²) in [5.41, 5.74) is 1.96.